The Morgan fingerprint density at radius 3 is 1.88 bits per heavy atom. The highest BCUT2D eigenvalue weighted by Gasteiger charge is 2.07. The lowest BCUT2D eigenvalue weighted by Gasteiger charge is -1.99. The molecular formula is C7H13N. The summed E-state index contributed by atoms with van der Waals surface area (Å²) in [5, 5.41) is 0. The predicted molar refractivity (Wildman–Crippen MR) is 33.6 cm³/mol. The van der Waals surface area contributed by atoms with Crippen molar-refractivity contribution < 1.29 is 0 Å². The first kappa shape index (κ1) is 6.09. The van der Waals surface area contributed by atoms with Gasteiger partial charge in [0.2, 0.25) is 0 Å². The van der Waals surface area contributed by atoms with Crippen molar-refractivity contribution in [3.8, 4) is 0 Å². The Morgan fingerprint density at radius 1 is 0.875 bits per heavy atom. The van der Waals surface area contributed by atoms with E-state index >= 15 is 0 Å². The first-order valence-corrected chi connectivity index (χ1v) is 3.57. The molecule has 1 aliphatic rings. The Balaban J connectivity index is 2.17. The second-order valence-corrected chi connectivity index (χ2v) is 2.65. The van der Waals surface area contributed by atoms with E-state index in [2.05, 4.69) is 0 Å². The van der Waals surface area contributed by atoms with Crippen LogP contribution in [0, 0.1) is 0 Å². The van der Waals surface area contributed by atoms with Crippen LogP contribution in [0.3, 0.4) is 0 Å². The Hall–Kier alpha value is -0.0400. The van der Waals surface area contributed by atoms with Gasteiger partial charge in [-0.05, 0) is 12.8 Å². The van der Waals surface area contributed by atoms with Crippen molar-refractivity contribution in [2.24, 2.45) is 0 Å². The third-order valence-corrected chi connectivity index (χ3v) is 1.82. The molecule has 0 unspecified atom stereocenters. The van der Waals surface area contributed by atoms with Crippen molar-refractivity contribution in [3.63, 3.8) is 0 Å². The molecule has 1 nitrogen and oxygen atoms in total. The molecule has 0 saturated heterocycles. The second-order valence-electron chi connectivity index (χ2n) is 2.65. The maximum absolute atomic E-state index is 9.09. The number of hydrogen-bond acceptors (Lipinski definition) is 0. The fourth-order valence-electron chi connectivity index (χ4n) is 1.26. The Morgan fingerprint density at radius 2 is 1.38 bits per heavy atom. The third kappa shape index (κ3) is 1.83. The van der Waals surface area contributed by atoms with Crippen LogP contribution >= 0.6 is 0 Å². The van der Waals surface area contributed by atoms with Gasteiger partial charge >= 0.3 is 0 Å². The maximum Gasteiger partial charge on any atom is 0.0433 e. The minimum atomic E-state index is 0.0255. The van der Waals surface area contributed by atoms with Crippen molar-refractivity contribution >= 4 is 0 Å². The van der Waals surface area contributed by atoms with E-state index in [9.17, 15) is 0 Å². The van der Waals surface area contributed by atoms with Gasteiger partial charge in [0.25, 0.3) is 0 Å². The average Bonchev–Trinajstić information content (AvgIpc) is 1.94. The monoisotopic (exact) mass is 111 g/mol. The van der Waals surface area contributed by atoms with Crippen molar-refractivity contribution in [3.05, 3.63) is 0 Å². The topological polar surface area (TPSA) is 22.3 Å². The lowest BCUT2D eigenvalue weighted by Crippen LogP contribution is -2.05. The van der Waals surface area contributed by atoms with Gasteiger partial charge in [-0.3, -0.25) is 0 Å². The van der Waals surface area contributed by atoms with Crippen LogP contribution in [0.1, 0.15) is 38.5 Å². The molecule has 2 radical (unpaired) electrons. The SMILES string of the molecule is [N]C1CCCCCC1. The summed E-state index contributed by atoms with van der Waals surface area (Å²) in [4.78, 5) is 0. The first-order chi connectivity index (χ1) is 3.89. The van der Waals surface area contributed by atoms with E-state index in [1.54, 1.807) is 0 Å². The highest BCUT2D eigenvalue weighted by molar-refractivity contribution is 4.64. The van der Waals surface area contributed by atoms with E-state index in [4.69, 9.17) is 5.73 Å². The zero-order valence-corrected chi connectivity index (χ0v) is 5.27. The van der Waals surface area contributed by atoms with Crippen LogP contribution in [0.5, 0.6) is 0 Å². The lowest BCUT2D eigenvalue weighted by molar-refractivity contribution is 0.567. The van der Waals surface area contributed by atoms with Gasteiger partial charge < -0.3 is 0 Å². The third-order valence-electron chi connectivity index (χ3n) is 1.82. The summed E-state index contributed by atoms with van der Waals surface area (Å²) in [5.74, 6) is 0. The van der Waals surface area contributed by atoms with Crippen LogP contribution in [0.2, 0.25) is 0 Å². The molecule has 1 fully saturated rings. The van der Waals surface area contributed by atoms with E-state index in [1.807, 2.05) is 0 Å². The van der Waals surface area contributed by atoms with Crippen LogP contribution in [0.4, 0.5) is 0 Å². The summed E-state index contributed by atoms with van der Waals surface area (Å²) >= 11 is 0. The number of hydrogen-bond donors (Lipinski definition) is 0. The normalized spacial score (nSPS) is 25.1. The van der Waals surface area contributed by atoms with Crippen LogP contribution < -0.4 is 5.73 Å². The molecule has 0 aromatic heterocycles. The molecule has 0 spiro atoms. The quantitative estimate of drug-likeness (QED) is 0.425. The molecule has 0 heterocycles. The lowest BCUT2D eigenvalue weighted by atomic mass is 10.1. The van der Waals surface area contributed by atoms with E-state index in [0.29, 0.717) is 0 Å². The molecule has 8 heavy (non-hydrogen) atoms. The molecule has 0 N–H and O–H groups in total. The van der Waals surface area contributed by atoms with Crippen molar-refractivity contribution in [2.45, 2.75) is 44.6 Å². The zero-order chi connectivity index (χ0) is 5.82. The van der Waals surface area contributed by atoms with Crippen molar-refractivity contribution in [1.29, 1.82) is 0 Å². The molecule has 46 valence electrons. The van der Waals surface area contributed by atoms with Gasteiger partial charge in [0.1, 0.15) is 0 Å². The van der Waals surface area contributed by atoms with Gasteiger partial charge in [-0.25, -0.2) is 0 Å². The van der Waals surface area contributed by atoms with Gasteiger partial charge in [-0.1, -0.05) is 25.7 Å². The van der Waals surface area contributed by atoms with Crippen LogP contribution in [-0.4, -0.2) is 6.04 Å². The highest BCUT2D eigenvalue weighted by atomic mass is 14.6. The van der Waals surface area contributed by atoms with E-state index < -0.39 is 0 Å². The number of rotatable bonds is 0. The molecule has 0 amide bonds. The fraction of sp³-hybridized carbons (Fsp3) is 1.00. The second kappa shape index (κ2) is 3.08. The number of nitrogens with zero attached hydrogens (tertiary/aromatic N) is 1. The maximum atomic E-state index is 9.09. The van der Waals surface area contributed by atoms with Crippen LogP contribution in [0.25, 0.3) is 0 Å². The van der Waals surface area contributed by atoms with Gasteiger partial charge in [0, 0.05) is 6.04 Å². The summed E-state index contributed by atoms with van der Waals surface area (Å²) in [7, 11) is 0. The molecule has 0 atom stereocenters. The highest BCUT2D eigenvalue weighted by Crippen LogP contribution is 2.15. The van der Waals surface area contributed by atoms with Gasteiger partial charge in [-0.15, -0.1) is 5.73 Å². The largest absolute Gasteiger partial charge is 0.141 e. The summed E-state index contributed by atoms with van der Waals surface area (Å²) in [6, 6.07) is 0.0255. The predicted octanol–water partition coefficient (Wildman–Crippen LogP) is 1.78. The Kier molecular flexibility index (Phi) is 2.34. The summed E-state index contributed by atoms with van der Waals surface area (Å²) in [6.07, 6.45) is 7.22. The molecule has 0 aromatic carbocycles. The van der Waals surface area contributed by atoms with Gasteiger partial charge in [-0.2, -0.15) is 0 Å². The van der Waals surface area contributed by atoms with Crippen molar-refractivity contribution in [1.82, 2.24) is 5.73 Å². The first-order valence-electron chi connectivity index (χ1n) is 3.57. The molecule has 1 heteroatoms. The minimum Gasteiger partial charge on any atom is -0.141 e. The van der Waals surface area contributed by atoms with Gasteiger partial charge in [0.15, 0.2) is 0 Å². The molecule has 0 aliphatic heterocycles. The molecule has 0 aromatic rings. The molecular weight excluding hydrogens is 98.1 g/mol. The van der Waals surface area contributed by atoms with E-state index in [0.717, 1.165) is 12.8 Å². The van der Waals surface area contributed by atoms with E-state index in [1.165, 1.54) is 25.7 Å². The molecule has 0 bridgehead atoms. The molecule has 1 rings (SSSR count). The smallest absolute Gasteiger partial charge is 0.0433 e. The standard InChI is InChI=1S/C7H13N/c8-7-5-3-1-2-4-6-7/h7H,1-6H2. The minimum absolute atomic E-state index is 0.0255. The average molecular weight is 111 g/mol. The Bertz CT molecular complexity index is 53.4. The Labute approximate surface area is 51.3 Å². The molecule has 1 saturated carbocycles. The summed E-state index contributed by atoms with van der Waals surface area (Å²) < 4.78 is 0. The summed E-state index contributed by atoms with van der Waals surface area (Å²) in [6.45, 7) is 0. The zero-order valence-electron chi connectivity index (χ0n) is 5.27. The van der Waals surface area contributed by atoms with Crippen LogP contribution in [-0.2, 0) is 0 Å². The fourth-order valence-corrected chi connectivity index (χ4v) is 1.26. The van der Waals surface area contributed by atoms with Crippen molar-refractivity contribution in [2.75, 3.05) is 0 Å². The van der Waals surface area contributed by atoms with Crippen LogP contribution in [0.15, 0.2) is 0 Å². The van der Waals surface area contributed by atoms with Gasteiger partial charge in [0.05, 0.1) is 0 Å². The molecule has 1 aliphatic carbocycles. The summed E-state index contributed by atoms with van der Waals surface area (Å²) in [5.41, 5.74) is 9.09. The van der Waals surface area contributed by atoms with E-state index in [-0.39, 0.29) is 6.04 Å².